The second-order valence-electron chi connectivity index (χ2n) is 9.64. The van der Waals surface area contributed by atoms with E-state index in [9.17, 15) is 4.79 Å². The predicted molar refractivity (Wildman–Crippen MR) is 93.1 cm³/mol. The van der Waals surface area contributed by atoms with Gasteiger partial charge in [-0.25, -0.2) is 0 Å². The molecule has 3 saturated carbocycles. The monoisotopic (exact) mass is 329 g/mol. The van der Waals surface area contributed by atoms with Gasteiger partial charge >= 0.3 is 0 Å². The molecule has 1 N–H and O–H groups in total. The van der Waals surface area contributed by atoms with Crippen LogP contribution in [0.15, 0.2) is 11.8 Å². The molecule has 6 atom stereocenters. The van der Waals surface area contributed by atoms with E-state index in [4.69, 9.17) is 4.74 Å². The third-order valence-corrected chi connectivity index (χ3v) is 8.40. The first-order valence-corrected chi connectivity index (χ1v) is 10.2. The van der Waals surface area contributed by atoms with E-state index in [0.29, 0.717) is 24.0 Å². The molecule has 1 heterocycles. The van der Waals surface area contributed by atoms with Gasteiger partial charge in [-0.1, -0.05) is 19.9 Å². The van der Waals surface area contributed by atoms with Crippen molar-refractivity contribution >= 4 is 5.91 Å². The number of fused-ring (bicyclic) bond motifs is 5. The number of hydrogen-bond donors (Lipinski definition) is 1. The van der Waals surface area contributed by atoms with Crippen molar-refractivity contribution in [1.29, 1.82) is 0 Å². The van der Waals surface area contributed by atoms with E-state index in [1.807, 2.05) is 0 Å². The topological polar surface area (TPSA) is 38.3 Å². The lowest BCUT2D eigenvalue weighted by Gasteiger charge is -2.57. The molecule has 5 rings (SSSR count). The van der Waals surface area contributed by atoms with Crippen molar-refractivity contribution in [3.63, 3.8) is 0 Å². The molecule has 0 aromatic carbocycles. The van der Waals surface area contributed by atoms with E-state index in [1.54, 1.807) is 0 Å². The Labute approximate surface area is 145 Å². The standard InChI is InChI=1S/C21H31NO2/c1-20-12-10-19(23)22-17(20)7-5-14-15-6-8-18(24-13-3-4-13)21(15,2)11-9-16(14)20/h7,13-16,18H,3-6,8-12H2,1-2H3,(H,22,23)/t14-,15-,16+,18?,20+,21-/m0/s1. The van der Waals surface area contributed by atoms with Crippen molar-refractivity contribution < 1.29 is 9.53 Å². The van der Waals surface area contributed by atoms with Gasteiger partial charge in [-0.05, 0) is 74.5 Å². The Morgan fingerprint density at radius 3 is 2.71 bits per heavy atom. The molecule has 4 fully saturated rings. The molecular formula is C21H31NO2. The molecule has 0 spiro atoms. The van der Waals surface area contributed by atoms with E-state index in [0.717, 1.165) is 30.6 Å². The zero-order valence-corrected chi connectivity index (χ0v) is 15.1. The maximum Gasteiger partial charge on any atom is 0.224 e. The molecule has 1 unspecified atom stereocenters. The van der Waals surface area contributed by atoms with Crippen molar-refractivity contribution in [1.82, 2.24) is 5.32 Å². The van der Waals surface area contributed by atoms with Gasteiger partial charge in [-0.3, -0.25) is 4.79 Å². The van der Waals surface area contributed by atoms with Gasteiger partial charge in [0.05, 0.1) is 12.2 Å². The summed E-state index contributed by atoms with van der Waals surface area (Å²) in [5, 5.41) is 3.20. The lowest BCUT2D eigenvalue weighted by atomic mass is 9.50. The number of ether oxygens (including phenoxy) is 1. The number of carbonyl (C=O) groups excluding carboxylic acids is 1. The van der Waals surface area contributed by atoms with Crippen LogP contribution in [0, 0.1) is 28.6 Å². The summed E-state index contributed by atoms with van der Waals surface area (Å²) in [6.45, 7) is 4.95. The van der Waals surface area contributed by atoms with Crippen molar-refractivity contribution in [2.45, 2.75) is 83.8 Å². The van der Waals surface area contributed by atoms with Gasteiger partial charge in [-0.2, -0.15) is 0 Å². The molecule has 1 aliphatic heterocycles. The molecule has 0 aromatic rings. The van der Waals surface area contributed by atoms with Gasteiger partial charge in [0.1, 0.15) is 0 Å². The number of amides is 1. The summed E-state index contributed by atoms with van der Waals surface area (Å²) in [5.74, 6) is 2.57. The first-order chi connectivity index (χ1) is 11.5. The Hall–Kier alpha value is -0.830. The van der Waals surface area contributed by atoms with Crippen LogP contribution in [-0.2, 0) is 9.53 Å². The lowest BCUT2D eigenvalue weighted by Crippen LogP contribution is -2.54. The number of carbonyl (C=O) groups is 1. The summed E-state index contributed by atoms with van der Waals surface area (Å²) in [5.41, 5.74) is 1.84. The maximum atomic E-state index is 11.8. The Balaban J connectivity index is 1.43. The van der Waals surface area contributed by atoms with Gasteiger partial charge in [0.25, 0.3) is 0 Å². The minimum atomic E-state index is 0.202. The third kappa shape index (κ3) is 2.09. The van der Waals surface area contributed by atoms with Crippen LogP contribution in [0.3, 0.4) is 0 Å². The first-order valence-electron chi connectivity index (χ1n) is 10.2. The average molecular weight is 329 g/mol. The number of rotatable bonds is 2. The SMILES string of the molecule is C[C@]12CCC(=O)NC1=CC[C@@H]1[C@H]2CC[C@]2(C)C(OC3CC3)CC[C@@H]12. The van der Waals surface area contributed by atoms with Crippen LogP contribution in [-0.4, -0.2) is 18.1 Å². The van der Waals surface area contributed by atoms with Crippen LogP contribution in [0.25, 0.3) is 0 Å². The van der Waals surface area contributed by atoms with Crippen LogP contribution in [0.4, 0.5) is 0 Å². The van der Waals surface area contributed by atoms with Crippen molar-refractivity contribution in [2.75, 3.05) is 0 Å². The van der Waals surface area contributed by atoms with E-state index in [-0.39, 0.29) is 11.3 Å². The number of piperidine rings is 1. The molecule has 24 heavy (non-hydrogen) atoms. The van der Waals surface area contributed by atoms with Crippen LogP contribution in [0.1, 0.15) is 71.6 Å². The quantitative estimate of drug-likeness (QED) is 0.825. The first kappa shape index (κ1) is 15.4. The fraction of sp³-hybridized carbons (Fsp3) is 0.857. The molecule has 3 nitrogen and oxygen atoms in total. The highest BCUT2D eigenvalue weighted by molar-refractivity contribution is 5.79. The normalized spacial score (nSPS) is 50.4. The highest BCUT2D eigenvalue weighted by Crippen LogP contribution is 2.64. The molecular weight excluding hydrogens is 298 g/mol. The van der Waals surface area contributed by atoms with E-state index in [1.165, 1.54) is 44.2 Å². The van der Waals surface area contributed by atoms with E-state index < -0.39 is 0 Å². The minimum Gasteiger partial charge on any atom is -0.374 e. The smallest absolute Gasteiger partial charge is 0.224 e. The van der Waals surface area contributed by atoms with E-state index >= 15 is 0 Å². The number of allylic oxidation sites excluding steroid dienone is 2. The van der Waals surface area contributed by atoms with Gasteiger partial charge in [0.15, 0.2) is 0 Å². The van der Waals surface area contributed by atoms with Crippen molar-refractivity contribution in [3.05, 3.63) is 11.8 Å². The highest BCUT2D eigenvalue weighted by Gasteiger charge is 2.59. The van der Waals surface area contributed by atoms with Gasteiger partial charge in [0, 0.05) is 17.5 Å². The number of nitrogens with one attached hydrogen (secondary N) is 1. The number of hydrogen-bond acceptors (Lipinski definition) is 2. The van der Waals surface area contributed by atoms with Crippen LogP contribution in [0.5, 0.6) is 0 Å². The highest BCUT2D eigenvalue weighted by atomic mass is 16.5. The fourth-order valence-electron chi connectivity index (χ4n) is 6.81. The van der Waals surface area contributed by atoms with Crippen LogP contribution >= 0.6 is 0 Å². The third-order valence-electron chi connectivity index (χ3n) is 8.40. The molecule has 0 aromatic heterocycles. The Morgan fingerprint density at radius 2 is 1.92 bits per heavy atom. The summed E-state index contributed by atoms with van der Waals surface area (Å²) in [4.78, 5) is 11.8. The van der Waals surface area contributed by atoms with Crippen molar-refractivity contribution in [2.24, 2.45) is 28.6 Å². The lowest BCUT2D eigenvalue weighted by molar-refractivity contribution is -0.126. The van der Waals surface area contributed by atoms with Gasteiger partial charge in [-0.15, -0.1) is 0 Å². The molecule has 1 amide bonds. The minimum absolute atomic E-state index is 0.202. The van der Waals surface area contributed by atoms with Gasteiger partial charge in [0.2, 0.25) is 5.91 Å². The summed E-state index contributed by atoms with van der Waals surface area (Å²) in [6, 6.07) is 0. The van der Waals surface area contributed by atoms with Crippen LogP contribution < -0.4 is 5.32 Å². The zero-order valence-electron chi connectivity index (χ0n) is 15.1. The Bertz CT molecular complexity index is 595. The summed E-state index contributed by atoms with van der Waals surface area (Å²) in [7, 11) is 0. The average Bonchev–Trinajstić information content (AvgIpc) is 3.31. The van der Waals surface area contributed by atoms with E-state index in [2.05, 4.69) is 25.2 Å². The zero-order chi connectivity index (χ0) is 16.5. The molecule has 5 aliphatic rings. The second-order valence-corrected chi connectivity index (χ2v) is 9.64. The Kier molecular flexibility index (Phi) is 3.27. The Morgan fingerprint density at radius 1 is 1.08 bits per heavy atom. The predicted octanol–water partition coefficient (Wildman–Crippen LogP) is 4.18. The summed E-state index contributed by atoms with van der Waals surface area (Å²) < 4.78 is 6.45. The molecule has 3 heteroatoms. The fourth-order valence-corrected chi connectivity index (χ4v) is 6.81. The molecule has 0 radical (unpaired) electrons. The van der Waals surface area contributed by atoms with Crippen molar-refractivity contribution in [3.8, 4) is 0 Å². The molecule has 0 bridgehead atoms. The molecule has 4 aliphatic carbocycles. The molecule has 1 saturated heterocycles. The largest absolute Gasteiger partial charge is 0.374 e. The maximum absolute atomic E-state index is 11.8. The second kappa shape index (κ2) is 5.09. The summed E-state index contributed by atoms with van der Waals surface area (Å²) in [6.07, 6.45) is 14.2. The summed E-state index contributed by atoms with van der Waals surface area (Å²) >= 11 is 0. The van der Waals surface area contributed by atoms with Crippen LogP contribution in [0.2, 0.25) is 0 Å². The van der Waals surface area contributed by atoms with Gasteiger partial charge < -0.3 is 10.1 Å². The molecule has 132 valence electrons.